The second-order valence-electron chi connectivity index (χ2n) is 8.07. The molecule has 0 amide bonds. The van der Waals surface area contributed by atoms with Crippen LogP contribution in [0.15, 0.2) is 30.6 Å². The minimum atomic E-state index is -3.58. The number of sulfonamides is 1. The molecule has 0 radical (unpaired) electrons. The maximum Gasteiger partial charge on any atom is 0.231 e. The first-order valence-electron chi connectivity index (χ1n) is 10.5. The second kappa shape index (κ2) is 9.23. The van der Waals surface area contributed by atoms with E-state index in [0.29, 0.717) is 29.2 Å². The predicted molar refractivity (Wildman–Crippen MR) is 117 cm³/mol. The van der Waals surface area contributed by atoms with Crippen LogP contribution in [0.2, 0.25) is 0 Å². The summed E-state index contributed by atoms with van der Waals surface area (Å²) in [5, 5.41) is 8.30. The van der Waals surface area contributed by atoms with E-state index >= 15 is 0 Å². The van der Waals surface area contributed by atoms with E-state index in [1.165, 1.54) is 32.3 Å². The van der Waals surface area contributed by atoms with Gasteiger partial charge in [0.15, 0.2) is 0 Å². The molecule has 2 aliphatic rings. The van der Waals surface area contributed by atoms with E-state index in [0.717, 1.165) is 32.4 Å². The molecule has 2 aromatic rings. The second-order valence-corrected chi connectivity index (χ2v) is 9.68. The van der Waals surface area contributed by atoms with Crippen LogP contribution in [0.4, 0.5) is 17.6 Å². The maximum atomic E-state index is 11.3. The third-order valence-electron chi connectivity index (χ3n) is 5.72. The standard InChI is InChI=1S/C20H29N7O2S/c21-30(28,29)14-16-5-3-6-17(13-16)24-19-22-15-23-20(25-19)27-11-4-7-18(27)8-12-26-9-1-2-10-26/h3,5-6,13,15,18H,1-2,4,7-12,14H2,(H2,21,28,29)(H,22,23,24,25)/t18-/m1/s1. The number of hydrogen-bond acceptors (Lipinski definition) is 8. The van der Waals surface area contributed by atoms with Crippen molar-refractivity contribution in [3.8, 4) is 0 Å². The van der Waals surface area contributed by atoms with Gasteiger partial charge in [-0.25, -0.2) is 23.5 Å². The fourth-order valence-corrected chi connectivity index (χ4v) is 4.97. The van der Waals surface area contributed by atoms with Crippen LogP contribution in [-0.4, -0.2) is 60.5 Å². The molecule has 2 aliphatic heterocycles. The van der Waals surface area contributed by atoms with E-state index < -0.39 is 10.0 Å². The molecular weight excluding hydrogens is 402 g/mol. The zero-order valence-corrected chi connectivity index (χ0v) is 17.9. The highest BCUT2D eigenvalue weighted by Gasteiger charge is 2.27. The first kappa shape index (κ1) is 21.0. The van der Waals surface area contributed by atoms with E-state index in [1.807, 2.05) is 6.07 Å². The van der Waals surface area contributed by atoms with Crippen molar-refractivity contribution in [3.63, 3.8) is 0 Å². The molecule has 2 saturated heterocycles. The lowest BCUT2D eigenvalue weighted by Crippen LogP contribution is -2.34. The van der Waals surface area contributed by atoms with Crippen molar-refractivity contribution in [2.24, 2.45) is 5.14 Å². The van der Waals surface area contributed by atoms with Gasteiger partial charge in [-0.3, -0.25) is 0 Å². The van der Waals surface area contributed by atoms with Gasteiger partial charge in [0.05, 0.1) is 5.75 Å². The molecule has 10 heteroatoms. The van der Waals surface area contributed by atoms with Crippen LogP contribution in [0, 0.1) is 0 Å². The molecule has 0 aliphatic carbocycles. The molecule has 9 nitrogen and oxygen atoms in total. The van der Waals surface area contributed by atoms with Crippen molar-refractivity contribution < 1.29 is 8.42 Å². The summed E-state index contributed by atoms with van der Waals surface area (Å²) in [4.78, 5) is 18.1. The summed E-state index contributed by atoms with van der Waals surface area (Å²) >= 11 is 0. The highest BCUT2D eigenvalue weighted by atomic mass is 32.2. The van der Waals surface area contributed by atoms with E-state index in [2.05, 4.69) is 30.1 Å². The monoisotopic (exact) mass is 431 g/mol. The van der Waals surface area contributed by atoms with Gasteiger partial charge >= 0.3 is 0 Å². The van der Waals surface area contributed by atoms with Crippen molar-refractivity contribution in [1.29, 1.82) is 0 Å². The highest BCUT2D eigenvalue weighted by Crippen LogP contribution is 2.26. The largest absolute Gasteiger partial charge is 0.338 e. The Morgan fingerprint density at radius 2 is 1.97 bits per heavy atom. The smallest absolute Gasteiger partial charge is 0.231 e. The van der Waals surface area contributed by atoms with Gasteiger partial charge in [0, 0.05) is 24.8 Å². The van der Waals surface area contributed by atoms with Crippen LogP contribution in [0.5, 0.6) is 0 Å². The normalized spacial score (nSPS) is 20.0. The van der Waals surface area contributed by atoms with Gasteiger partial charge in [-0.05, 0) is 62.9 Å². The molecule has 3 heterocycles. The molecule has 0 saturated carbocycles. The lowest BCUT2D eigenvalue weighted by atomic mass is 10.1. The Bertz CT molecular complexity index is 963. The van der Waals surface area contributed by atoms with Crippen LogP contribution in [0.25, 0.3) is 0 Å². The van der Waals surface area contributed by atoms with Crippen LogP contribution >= 0.6 is 0 Å². The van der Waals surface area contributed by atoms with Gasteiger partial charge in [-0.1, -0.05) is 12.1 Å². The quantitative estimate of drug-likeness (QED) is 0.650. The number of hydrogen-bond donors (Lipinski definition) is 2. The van der Waals surface area contributed by atoms with Crippen molar-refractivity contribution >= 4 is 27.6 Å². The minimum Gasteiger partial charge on any atom is -0.338 e. The van der Waals surface area contributed by atoms with Gasteiger partial charge in [-0.2, -0.15) is 4.98 Å². The van der Waals surface area contributed by atoms with Gasteiger partial charge in [-0.15, -0.1) is 0 Å². The molecule has 1 atom stereocenters. The Kier molecular flexibility index (Phi) is 6.45. The lowest BCUT2D eigenvalue weighted by molar-refractivity contribution is 0.321. The molecule has 0 spiro atoms. The average Bonchev–Trinajstić information content (AvgIpc) is 3.37. The number of benzene rings is 1. The number of likely N-dealkylation sites (tertiary alicyclic amines) is 1. The summed E-state index contributed by atoms with van der Waals surface area (Å²) in [6.07, 6.45) is 7.59. The van der Waals surface area contributed by atoms with E-state index in [-0.39, 0.29) is 5.75 Å². The third kappa shape index (κ3) is 5.65. The number of nitrogens with zero attached hydrogens (tertiary/aromatic N) is 5. The molecule has 1 aromatic heterocycles. The maximum absolute atomic E-state index is 11.3. The van der Waals surface area contributed by atoms with Crippen molar-refractivity contribution in [1.82, 2.24) is 19.9 Å². The molecule has 0 bridgehead atoms. The molecule has 162 valence electrons. The Labute approximate surface area is 177 Å². The van der Waals surface area contributed by atoms with Crippen molar-refractivity contribution in [2.75, 3.05) is 36.4 Å². The number of nitrogens with one attached hydrogen (secondary N) is 1. The lowest BCUT2D eigenvalue weighted by Gasteiger charge is -2.26. The number of primary sulfonamides is 1. The minimum absolute atomic E-state index is 0.211. The summed E-state index contributed by atoms with van der Waals surface area (Å²) in [6.45, 7) is 4.53. The van der Waals surface area contributed by atoms with E-state index in [9.17, 15) is 8.42 Å². The topological polar surface area (TPSA) is 117 Å². The Hall–Kier alpha value is -2.30. The summed E-state index contributed by atoms with van der Waals surface area (Å²) in [5.74, 6) is 0.923. The fourth-order valence-electron chi connectivity index (χ4n) is 4.32. The highest BCUT2D eigenvalue weighted by molar-refractivity contribution is 7.88. The number of rotatable bonds is 8. The van der Waals surface area contributed by atoms with E-state index in [1.54, 1.807) is 18.2 Å². The molecule has 4 rings (SSSR count). The van der Waals surface area contributed by atoms with Crippen LogP contribution in [0.1, 0.15) is 37.7 Å². The molecule has 30 heavy (non-hydrogen) atoms. The summed E-state index contributed by atoms with van der Waals surface area (Å²) in [7, 11) is -3.58. The van der Waals surface area contributed by atoms with Crippen molar-refractivity contribution in [3.05, 3.63) is 36.2 Å². The zero-order valence-electron chi connectivity index (χ0n) is 17.1. The van der Waals surface area contributed by atoms with Gasteiger partial charge < -0.3 is 15.1 Å². The first-order chi connectivity index (χ1) is 14.5. The van der Waals surface area contributed by atoms with Crippen LogP contribution in [-0.2, 0) is 15.8 Å². The van der Waals surface area contributed by atoms with Gasteiger partial charge in [0.2, 0.25) is 21.9 Å². The molecule has 2 fully saturated rings. The molecule has 3 N–H and O–H groups in total. The molecule has 0 unspecified atom stereocenters. The van der Waals surface area contributed by atoms with Gasteiger partial charge in [0.25, 0.3) is 0 Å². The molecule has 1 aromatic carbocycles. The summed E-state index contributed by atoms with van der Waals surface area (Å²) < 4.78 is 22.7. The number of aromatic nitrogens is 3. The SMILES string of the molecule is NS(=O)(=O)Cc1cccc(Nc2ncnc(N3CCC[C@@H]3CCN3CCCC3)n2)c1. The average molecular weight is 432 g/mol. The molecular formula is C20H29N7O2S. The Morgan fingerprint density at radius 1 is 1.13 bits per heavy atom. The zero-order chi connectivity index (χ0) is 21.0. The Morgan fingerprint density at radius 3 is 2.77 bits per heavy atom. The third-order valence-corrected chi connectivity index (χ3v) is 6.46. The number of anilines is 3. The predicted octanol–water partition coefficient (Wildman–Crippen LogP) is 1.86. The first-order valence-corrected chi connectivity index (χ1v) is 12.2. The fraction of sp³-hybridized carbons (Fsp3) is 0.550. The van der Waals surface area contributed by atoms with Crippen LogP contribution in [0.3, 0.4) is 0 Å². The number of nitrogens with two attached hydrogens (primary N) is 1. The van der Waals surface area contributed by atoms with Crippen molar-refractivity contribution in [2.45, 2.75) is 43.9 Å². The summed E-state index contributed by atoms with van der Waals surface area (Å²) in [5.41, 5.74) is 1.32. The Balaban J connectivity index is 1.42. The van der Waals surface area contributed by atoms with Crippen LogP contribution < -0.4 is 15.4 Å². The van der Waals surface area contributed by atoms with Gasteiger partial charge in [0.1, 0.15) is 6.33 Å². The van der Waals surface area contributed by atoms with E-state index in [4.69, 9.17) is 5.14 Å². The summed E-state index contributed by atoms with van der Waals surface area (Å²) in [6, 6.07) is 7.54.